The first-order valence-corrected chi connectivity index (χ1v) is 8.71. The van der Waals surface area contributed by atoms with Crippen molar-refractivity contribution in [3.8, 4) is 11.5 Å². The Hall–Kier alpha value is -2.69. The molecule has 0 aromatic heterocycles. The average Bonchev–Trinajstić information content (AvgIpc) is 3.05. The largest absolute Gasteiger partial charge is 0.454 e. The number of fused-ring (bicyclic) bond motifs is 1. The molecule has 0 spiro atoms. The first kappa shape index (κ1) is 18.1. The Kier molecular flexibility index (Phi) is 5.07. The van der Waals surface area contributed by atoms with Gasteiger partial charge in [0.25, 0.3) is 0 Å². The molecule has 0 radical (unpaired) electrons. The van der Waals surface area contributed by atoms with Crippen LogP contribution in [0.3, 0.4) is 0 Å². The highest BCUT2D eigenvalue weighted by Gasteiger charge is 2.27. The molecule has 1 aromatic rings. The van der Waals surface area contributed by atoms with E-state index in [0.29, 0.717) is 12.0 Å². The maximum atomic E-state index is 12.5. The number of esters is 1. The Bertz CT molecular complexity index is 771. The van der Waals surface area contributed by atoms with E-state index in [1.807, 2.05) is 60.8 Å². The second kappa shape index (κ2) is 7.28. The Morgan fingerprint density at radius 1 is 1.27 bits per heavy atom. The van der Waals surface area contributed by atoms with Gasteiger partial charge in [-0.2, -0.15) is 0 Å². The highest BCUT2D eigenvalue weighted by Crippen LogP contribution is 2.33. The van der Waals surface area contributed by atoms with Gasteiger partial charge in [0.15, 0.2) is 11.5 Å². The van der Waals surface area contributed by atoms with Crippen molar-refractivity contribution in [2.75, 3.05) is 13.8 Å². The van der Waals surface area contributed by atoms with Crippen LogP contribution in [0.25, 0.3) is 6.08 Å². The summed E-state index contributed by atoms with van der Waals surface area (Å²) in [5.41, 5.74) is 1.40. The van der Waals surface area contributed by atoms with Crippen LogP contribution in [0, 0.1) is 5.41 Å². The normalized spacial score (nSPS) is 17.4. The fourth-order valence-electron chi connectivity index (χ4n) is 2.73. The third-order valence-electron chi connectivity index (χ3n) is 4.25. The Morgan fingerprint density at radius 2 is 2.04 bits per heavy atom. The van der Waals surface area contributed by atoms with Gasteiger partial charge in [-0.3, -0.25) is 0 Å². The zero-order chi connectivity index (χ0) is 18.7. The lowest BCUT2D eigenvalue weighted by Crippen LogP contribution is -2.31. The van der Waals surface area contributed by atoms with E-state index in [0.717, 1.165) is 17.1 Å². The second-order valence-electron chi connectivity index (χ2n) is 7.57. The average molecular weight is 355 g/mol. The monoisotopic (exact) mass is 355 g/mol. The number of allylic oxidation sites excluding steroid dienone is 1. The maximum absolute atomic E-state index is 12.5. The zero-order valence-corrected chi connectivity index (χ0v) is 15.7. The van der Waals surface area contributed by atoms with Crippen molar-refractivity contribution in [3.05, 3.63) is 53.9 Å². The van der Waals surface area contributed by atoms with Crippen molar-refractivity contribution in [2.45, 2.75) is 33.3 Å². The smallest absolute Gasteiger partial charge is 0.336 e. The van der Waals surface area contributed by atoms with Crippen LogP contribution in [0.15, 0.2) is 48.3 Å². The molecular weight excluding hydrogens is 330 g/mol. The number of rotatable bonds is 4. The summed E-state index contributed by atoms with van der Waals surface area (Å²) in [6.45, 7) is 6.41. The van der Waals surface area contributed by atoms with Gasteiger partial charge in [-0.25, -0.2) is 4.79 Å². The van der Waals surface area contributed by atoms with Crippen LogP contribution in [0.5, 0.6) is 11.5 Å². The number of carbonyl (C=O) groups excluding carboxylic acids is 1. The molecule has 3 rings (SSSR count). The molecule has 0 aliphatic carbocycles. The lowest BCUT2D eigenvalue weighted by Gasteiger charge is -2.28. The van der Waals surface area contributed by atoms with E-state index in [2.05, 4.69) is 20.8 Å². The van der Waals surface area contributed by atoms with Gasteiger partial charge in [-0.05, 0) is 30.0 Å². The Morgan fingerprint density at radius 3 is 2.77 bits per heavy atom. The molecule has 2 aliphatic heterocycles. The minimum atomic E-state index is -0.350. The SMILES string of the molecule is CN1C=CCC(C(=O)OC(/C=C/c2ccc3c(c2)OCO3)C(C)(C)C)=C1. The topological polar surface area (TPSA) is 48.0 Å². The van der Waals surface area contributed by atoms with Crippen LogP contribution in [0.2, 0.25) is 0 Å². The third-order valence-corrected chi connectivity index (χ3v) is 4.25. The van der Waals surface area contributed by atoms with E-state index in [9.17, 15) is 4.79 Å². The van der Waals surface area contributed by atoms with Gasteiger partial charge in [0.1, 0.15) is 6.10 Å². The van der Waals surface area contributed by atoms with Crippen LogP contribution in [0.4, 0.5) is 0 Å². The van der Waals surface area contributed by atoms with Crippen LogP contribution in [-0.4, -0.2) is 30.8 Å². The molecule has 0 fully saturated rings. The fourth-order valence-corrected chi connectivity index (χ4v) is 2.73. The number of carbonyl (C=O) groups is 1. The van der Waals surface area contributed by atoms with Crippen molar-refractivity contribution < 1.29 is 19.0 Å². The van der Waals surface area contributed by atoms with Crippen molar-refractivity contribution in [1.29, 1.82) is 0 Å². The maximum Gasteiger partial charge on any atom is 0.336 e. The van der Waals surface area contributed by atoms with E-state index in [1.54, 1.807) is 0 Å². The predicted molar refractivity (Wildman–Crippen MR) is 101 cm³/mol. The zero-order valence-electron chi connectivity index (χ0n) is 15.7. The first-order valence-electron chi connectivity index (χ1n) is 8.71. The predicted octanol–water partition coefficient (Wildman–Crippen LogP) is 4.12. The molecule has 0 N–H and O–H groups in total. The Labute approximate surface area is 154 Å². The van der Waals surface area contributed by atoms with Crippen molar-refractivity contribution in [2.24, 2.45) is 5.41 Å². The summed E-state index contributed by atoms with van der Waals surface area (Å²) in [6, 6.07) is 5.76. The highest BCUT2D eigenvalue weighted by atomic mass is 16.7. The van der Waals surface area contributed by atoms with Crippen molar-refractivity contribution in [3.63, 3.8) is 0 Å². The minimum absolute atomic E-state index is 0.223. The molecule has 2 aliphatic rings. The summed E-state index contributed by atoms with van der Waals surface area (Å²) < 4.78 is 16.5. The van der Waals surface area contributed by atoms with Gasteiger partial charge in [0, 0.05) is 25.1 Å². The molecule has 0 saturated heterocycles. The molecule has 0 bridgehead atoms. The van der Waals surface area contributed by atoms with E-state index < -0.39 is 0 Å². The van der Waals surface area contributed by atoms with Crippen molar-refractivity contribution in [1.82, 2.24) is 4.90 Å². The van der Waals surface area contributed by atoms with Gasteiger partial charge in [-0.1, -0.05) is 39.0 Å². The fraction of sp³-hybridized carbons (Fsp3) is 0.381. The summed E-state index contributed by atoms with van der Waals surface area (Å²) in [6.07, 6.45) is 9.81. The lowest BCUT2D eigenvalue weighted by molar-refractivity contribution is -0.146. The third kappa shape index (κ3) is 4.28. The van der Waals surface area contributed by atoms with Crippen LogP contribution in [0.1, 0.15) is 32.8 Å². The minimum Gasteiger partial charge on any atom is -0.454 e. The van der Waals surface area contributed by atoms with Crippen molar-refractivity contribution >= 4 is 12.0 Å². The molecule has 0 amide bonds. The summed E-state index contributed by atoms with van der Waals surface area (Å²) in [5, 5.41) is 0. The quantitative estimate of drug-likeness (QED) is 0.761. The van der Waals surface area contributed by atoms with Crippen LogP contribution in [-0.2, 0) is 9.53 Å². The van der Waals surface area contributed by atoms with Gasteiger partial charge in [0.2, 0.25) is 6.79 Å². The highest BCUT2D eigenvalue weighted by molar-refractivity contribution is 5.89. The summed E-state index contributed by atoms with van der Waals surface area (Å²) >= 11 is 0. The molecule has 5 nitrogen and oxygen atoms in total. The van der Waals surface area contributed by atoms with Gasteiger partial charge in [-0.15, -0.1) is 0 Å². The van der Waals surface area contributed by atoms with Gasteiger partial charge >= 0.3 is 5.97 Å². The molecular formula is C21H25NO4. The summed E-state index contributed by atoms with van der Waals surface area (Å²) in [5.74, 6) is 1.21. The van der Waals surface area contributed by atoms with E-state index in [4.69, 9.17) is 14.2 Å². The number of benzene rings is 1. The van der Waals surface area contributed by atoms with E-state index in [-0.39, 0.29) is 24.3 Å². The number of ether oxygens (including phenoxy) is 3. The lowest BCUT2D eigenvalue weighted by atomic mass is 9.88. The summed E-state index contributed by atoms with van der Waals surface area (Å²) in [7, 11) is 1.89. The standard InChI is InChI=1S/C21H25NO4/c1-21(2,3)19(26-20(23)16-6-5-11-22(4)13-16)10-8-15-7-9-17-18(12-15)25-14-24-17/h5,7-13,19H,6,14H2,1-4H3/b10-8+. The molecule has 26 heavy (non-hydrogen) atoms. The molecule has 1 aromatic carbocycles. The Balaban J connectivity index is 1.73. The van der Waals surface area contributed by atoms with Crippen LogP contribution < -0.4 is 9.47 Å². The molecule has 0 saturated carbocycles. The van der Waals surface area contributed by atoms with Gasteiger partial charge < -0.3 is 19.1 Å². The molecule has 138 valence electrons. The van der Waals surface area contributed by atoms with Crippen LogP contribution >= 0.6 is 0 Å². The van der Waals surface area contributed by atoms with Gasteiger partial charge in [0.05, 0.1) is 5.57 Å². The first-order chi connectivity index (χ1) is 12.3. The molecule has 2 heterocycles. The number of hydrogen-bond donors (Lipinski definition) is 0. The second-order valence-corrected chi connectivity index (χ2v) is 7.57. The summed E-state index contributed by atoms with van der Waals surface area (Å²) in [4.78, 5) is 14.4. The molecule has 5 heteroatoms. The number of hydrogen-bond acceptors (Lipinski definition) is 5. The molecule has 1 atom stereocenters. The van der Waals surface area contributed by atoms with E-state index in [1.165, 1.54) is 0 Å². The number of nitrogens with zero attached hydrogens (tertiary/aromatic N) is 1. The molecule has 1 unspecified atom stereocenters. The van der Waals surface area contributed by atoms with E-state index >= 15 is 0 Å².